The third-order valence-corrected chi connectivity index (χ3v) is 4.01. The second-order valence-electron chi connectivity index (χ2n) is 5.99. The first-order valence-electron chi connectivity index (χ1n) is 8.37. The van der Waals surface area contributed by atoms with E-state index in [9.17, 15) is 4.79 Å². The zero-order valence-corrected chi connectivity index (χ0v) is 14.8. The molecule has 2 heterocycles. The maximum absolute atomic E-state index is 12.5. The molecule has 0 fully saturated rings. The fourth-order valence-corrected chi connectivity index (χ4v) is 2.79. The molecule has 0 spiro atoms. The van der Waals surface area contributed by atoms with E-state index in [-0.39, 0.29) is 5.78 Å². The molecule has 5 nitrogen and oxygen atoms in total. The van der Waals surface area contributed by atoms with Gasteiger partial charge in [0.15, 0.2) is 5.78 Å². The molecule has 2 aromatic heterocycles. The van der Waals surface area contributed by atoms with Gasteiger partial charge in [0.25, 0.3) is 0 Å². The number of hydrogen-bond acceptors (Lipinski definition) is 4. The lowest BCUT2D eigenvalue weighted by Crippen LogP contribution is -1.97. The molecule has 0 aliphatic heterocycles. The van der Waals surface area contributed by atoms with Crippen LogP contribution >= 0.6 is 0 Å². The van der Waals surface area contributed by atoms with Gasteiger partial charge in [-0.3, -0.25) is 9.48 Å². The van der Waals surface area contributed by atoms with Crippen molar-refractivity contribution in [1.29, 1.82) is 5.26 Å². The standard InChI is InChI=1S/C21H19N3O2/c1-15-13-19(16(2)26-15)20(25)10-9-18-14-24(12-6-11-22)23-21(18)17-7-4-3-5-8-17/h3-5,7-10,13-14H,6,12H2,1-2H3/b10-9+. The minimum absolute atomic E-state index is 0.108. The van der Waals surface area contributed by atoms with Crippen LogP contribution in [-0.2, 0) is 6.54 Å². The third-order valence-electron chi connectivity index (χ3n) is 4.01. The van der Waals surface area contributed by atoms with Crippen LogP contribution in [0.15, 0.2) is 53.1 Å². The summed E-state index contributed by atoms with van der Waals surface area (Å²) in [6.07, 6.45) is 5.54. The molecule has 0 N–H and O–H groups in total. The highest BCUT2D eigenvalue weighted by molar-refractivity contribution is 6.07. The highest BCUT2D eigenvalue weighted by Crippen LogP contribution is 2.24. The smallest absolute Gasteiger partial charge is 0.189 e. The molecule has 130 valence electrons. The molecule has 26 heavy (non-hydrogen) atoms. The maximum atomic E-state index is 12.5. The Bertz CT molecular complexity index is 988. The molecule has 0 bridgehead atoms. The van der Waals surface area contributed by atoms with Crippen LogP contribution in [0.3, 0.4) is 0 Å². The number of ketones is 1. The Morgan fingerprint density at radius 1 is 1.31 bits per heavy atom. The van der Waals surface area contributed by atoms with Gasteiger partial charge in [-0.05, 0) is 32.1 Å². The second kappa shape index (κ2) is 7.66. The van der Waals surface area contributed by atoms with Gasteiger partial charge in [-0.15, -0.1) is 0 Å². The number of carbonyl (C=O) groups excluding carboxylic acids is 1. The molecule has 0 atom stereocenters. The van der Waals surface area contributed by atoms with Gasteiger partial charge in [-0.25, -0.2) is 0 Å². The monoisotopic (exact) mass is 345 g/mol. The Kier molecular flexibility index (Phi) is 5.14. The lowest BCUT2D eigenvalue weighted by atomic mass is 10.1. The molecule has 0 saturated carbocycles. The minimum Gasteiger partial charge on any atom is -0.466 e. The summed E-state index contributed by atoms with van der Waals surface area (Å²) in [5, 5.41) is 13.4. The van der Waals surface area contributed by atoms with E-state index in [2.05, 4.69) is 11.2 Å². The number of hydrogen-bond donors (Lipinski definition) is 0. The second-order valence-corrected chi connectivity index (χ2v) is 5.99. The molecular weight excluding hydrogens is 326 g/mol. The summed E-state index contributed by atoms with van der Waals surface area (Å²) >= 11 is 0. The minimum atomic E-state index is -0.108. The Hall–Kier alpha value is -3.39. The predicted molar refractivity (Wildman–Crippen MR) is 99.4 cm³/mol. The van der Waals surface area contributed by atoms with Crippen molar-refractivity contribution in [3.05, 3.63) is 71.3 Å². The Morgan fingerprint density at radius 3 is 2.73 bits per heavy atom. The largest absolute Gasteiger partial charge is 0.466 e. The van der Waals surface area contributed by atoms with Gasteiger partial charge in [0.05, 0.1) is 30.3 Å². The number of benzene rings is 1. The fraction of sp³-hybridized carbons (Fsp3) is 0.190. The molecule has 0 radical (unpaired) electrons. The Balaban J connectivity index is 1.93. The molecule has 3 aromatic rings. The number of rotatable bonds is 6. The van der Waals surface area contributed by atoms with Crippen LogP contribution in [0, 0.1) is 25.2 Å². The van der Waals surface area contributed by atoms with Crippen molar-refractivity contribution in [3.63, 3.8) is 0 Å². The fourth-order valence-electron chi connectivity index (χ4n) is 2.79. The van der Waals surface area contributed by atoms with Crippen molar-refractivity contribution < 1.29 is 9.21 Å². The van der Waals surface area contributed by atoms with Gasteiger partial charge in [-0.1, -0.05) is 30.3 Å². The number of aryl methyl sites for hydroxylation is 3. The third kappa shape index (κ3) is 3.81. The van der Waals surface area contributed by atoms with Crippen molar-refractivity contribution in [1.82, 2.24) is 9.78 Å². The van der Waals surface area contributed by atoms with Crippen LogP contribution in [0.2, 0.25) is 0 Å². The summed E-state index contributed by atoms with van der Waals surface area (Å²) in [4.78, 5) is 12.5. The van der Waals surface area contributed by atoms with Crippen LogP contribution in [0.5, 0.6) is 0 Å². The number of furan rings is 1. The van der Waals surface area contributed by atoms with E-state index < -0.39 is 0 Å². The molecular formula is C21H19N3O2. The van der Waals surface area contributed by atoms with Gasteiger partial charge in [0, 0.05) is 17.3 Å². The van der Waals surface area contributed by atoms with Crippen molar-refractivity contribution in [3.8, 4) is 17.3 Å². The molecule has 5 heteroatoms. The van der Waals surface area contributed by atoms with Gasteiger partial charge < -0.3 is 4.42 Å². The topological polar surface area (TPSA) is 71.8 Å². The summed E-state index contributed by atoms with van der Waals surface area (Å²) in [5.41, 5.74) is 3.15. The number of carbonyl (C=O) groups is 1. The number of nitriles is 1. The molecule has 3 rings (SSSR count). The lowest BCUT2D eigenvalue weighted by Gasteiger charge is -1.98. The van der Waals surface area contributed by atoms with Crippen LogP contribution < -0.4 is 0 Å². The zero-order valence-electron chi connectivity index (χ0n) is 14.8. The summed E-state index contributed by atoms with van der Waals surface area (Å²) in [7, 11) is 0. The number of nitrogens with zero attached hydrogens (tertiary/aromatic N) is 3. The van der Waals surface area contributed by atoms with E-state index in [4.69, 9.17) is 9.68 Å². The molecule has 0 aliphatic rings. The highest BCUT2D eigenvalue weighted by atomic mass is 16.3. The van der Waals surface area contributed by atoms with E-state index in [1.807, 2.05) is 43.5 Å². The average Bonchev–Trinajstić information content (AvgIpc) is 3.21. The quantitative estimate of drug-likeness (QED) is 0.484. The van der Waals surface area contributed by atoms with E-state index >= 15 is 0 Å². The van der Waals surface area contributed by atoms with Crippen LogP contribution in [-0.4, -0.2) is 15.6 Å². The first-order chi connectivity index (χ1) is 12.6. The summed E-state index contributed by atoms with van der Waals surface area (Å²) in [6.45, 7) is 4.11. The molecule has 0 unspecified atom stereocenters. The van der Waals surface area contributed by atoms with E-state index in [0.29, 0.717) is 30.0 Å². The van der Waals surface area contributed by atoms with Crippen molar-refractivity contribution in [2.45, 2.75) is 26.8 Å². The molecule has 0 saturated heterocycles. The highest BCUT2D eigenvalue weighted by Gasteiger charge is 2.13. The number of allylic oxidation sites excluding steroid dienone is 1. The molecule has 0 amide bonds. The number of aromatic nitrogens is 2. The van der Waals surface area contributed by atoms with E-state index in [1.54, 1.807) is 23.7 Å². The first kappa shape index (κ1) is 17.4. The van der Waals surface area contributed by atoms with E-state index in [0.717, 1.165) is 16.8 Å². The Labute approximate surface area is 152 Å². The summed E-state index contributed by atoms with van der Waals surface area (Å²) < 4.78 is 7.17. The van der Waals surface area contributed by atoms with Crippen molar-refractivity contribution in [2.75, 3.05) is 0 Å². The zero-order chi connectivity index (χ0) is 18.5. The molecule has 0 aliphatic carbocycles. The van der Waals surface area contributed by atoms with Crippen LogP contribution in [0.4, 0.5) is 0 Å². The maximum Gasteiger partial charge on any atom is 0.189 e. The summed E-state index contributed by atoms with van der Waals surface area (Å²) in [6, 6.07) is 13.6. The van der Waals surface area contributed by atoms with Crippen molar-refractivity contribution >= 4 is 11.9 Å². The van der Waals surface area contributed by atoms with Crippen LogP contribution in [0.1, 0.15) is 33.9 Å². The molecule has 1 aromatic carbocycles. The normalized spacial score (nSPS) is 11.0. The van der Waals surface area contributed by atoms with Gasteiger partial charge >= 0.3 is 0 Å². The van der Waals surface area contributed by atoms with E-state index in [1.165, 1.54) is 6.08 Å². The van der Waals surface area contributed by atoms with Crippen LogP contribution in [0.25, 0.3) is 17.3 Å². The Morgan fingerprint density at radius 2 is 2.08 bits per heavy atom. The van der Waals surface area contributed by atoms with Gasteiger partial charge in [-0.2, -0.15) is 10.4 Å². The van der Waals surface area contributed by atoms with Crippen molar-refractivity contribution in [2.24, 2.45) is 0 Å². The van der Waals surface area contributed by atoms with Gasteiger partial charge in [0.2, 0.25) is 0 Å². The SMILES string of the molecule is Cc1cc(C(=O)/C=C/c2cn(CCC#N)nc2-c2ccccc2)c(C)o1. The predicted octanol–water partition coefficient (Wildman–Crippen LogP) is 4.57. The lowest BCUT2D eigenvalue weighted by molar-refractivity contribution is 0.104. The van der Waals surface area contributed by atoms with Gasteiger partial charge in [0.1, 0.15) is 11.5 Å². The summed E-state index contributed by atoms with van der Waals surface area (Å²) in [5.74, 6) is 1.22. The first-order valence-corrected chi connectivity index (χ1v) is 8.37. The average molecular weight is 345 g/mol.